The van der Waals surface area contributed by atoms with Gasteiger partial charge in [-0.3, -0.25) is 14.0 Å². The van der Waals surface area contributed by atoms with E-state index in [0.717, 1.165) is 24.2 Å². The molecule has 0 amide bonds. The molecule has 0 aliphatic rings. The number of nitrogens with zero attached hydrogens (tertiary/aromatic N) is 12. The van der Waals surface area contributed by atoms with Crippen molar-refractivity contribution in [2.24, 2.45) is 0 Å². The number of rotatable bonds is 8. The molecule has 0 spiro atoms. The van der Waals surface area contributed by atoms with Crippen molar-refractivity contribution in [3.63, 3.8) is 0 Å². The maximum absolute atomic E-state index is 6.07. The summed E-state index contributed by atoms with van der Waals surface area (Å²) >= 11 is 23.8. The van der Waals surface area contributed by atoms with Gasteiger partial charge in [-0.15, -0.1) is 0 Å². The van der Waals surface area contributed by atoms with Crippen LogP contribution in [0.4, 0.5) is 0 Å². The van der Waals surface area contributed by atoms with Crippen LogP contribution in [0.1, 0.15) is 22.3 Å². The molecule has 0 bridgehead atoms. The van der Waals surface area contributed by atoms with Crippen LogP contribution in [0, 0.1) is 0 Å². The van der Waals surface area contributed by atoms with E-state index in [4.69, 9.17) is 46.4 Å². The normalized spacial score (nSPS) is 11.2. The van der Waals surface area contributed by atoms with Crippen LogP contribution < -0.4 is 0 Å². The fraction of sp³-hybridized carbons (Fsp3) is 0.125. The second-order valence-electron chi connectivity index (χ2n) is 10.7. The number of hydrogen-bond acceptors (Lipinski definition) is 8. The molecule has 8 aromatic rings. The van der Waals surface area contributed by atoms with E-state index < -0.39 is 0 Å². The molecule has 6 heterocycles. The molecule has 6 aromatic heterocycles. The Balaban J connectivity index is 0.000000152. The van der Waals surface area contributed by atoms with Crippen molar-refractivity contribution < 1.29 is 0 Å². The van der Waals surface area contributed by atoms with Gasteiger partial charge in [0, 0.05) is 31.0 Å². The van der Waals surface area contributed by atoms with Gasteiger partial charge in [0.15, 0.2) is 11.3 Å². The van der Waals surface area contributed by atoms with E-state index in [9.17, 15) is 0 Å². The highest BCUT2D eigenvalue weighted by Gasteiger charge is 2.12. The van der Waals surface area contributed by atoms with Crippen molar-refractivity contribution in [1.29, 1.82) is 0 Å². The van der Waals surface area contributed by atoms with E-state index in [-0.39, 0.29) is 10.6 Å². The molecule has 0 saturated heterocycles. The Labute approximate surface area is 293 Å². The van der Waals surface area contributed by atoms with Gasteiger partial charge in [0.25, 0.3) is 0 Å². The Hall–Kier alpha value is -4.88. The smallest absolute Gasteiger partial charge is 0.225 e. The molecular formula is C32H24Cl4N12. The van der Waals surface area contributed by atoms with Gasteiger partial charge >= 0.3 is 0 Å². The van der Waals surface area contributed by atoms with Gasteiger partial charge in [0.2, 0.25) is 10.6 Å². The number of fused-ring (bicyclic) bond motifs is 2. The molecule has 0 atom stereocenters. The summed E-state index contributed by atoms with van der Waals surface area (Å²) in [5.41, 5.74) is 5.73. The summed E-state index contributed by atoms with van der Waals surface area (Å²) in [5.74, 6) is 0. The molecule has 2 aromatic carbocycles. The average Bonchev–Trinajstić information content (AvgIpc) is 3.89. The molecule has 16 heteroatoms. The first kappa shape index (κ1) is 31.7. The molecule has 12 nitrogen and oxygen atoms in total. The highest BCUT2D eigenvalue weighted by molar-refractivity contribution is 6.36. The third-order valence-corrected chi connectivity index (χ3v) is 8.22. The second-order valence-corrected chi connectivity index (χ2v) is 12.1. The van der Waals surface area contributed by atoms with Crippen LogP contribution in [-0.4, -0.2) is 59.1 Å². The van der Waals surface area contributed by atoms with Crippen LogP contribution in [0.2, 0.25) is 20.9 Å². The van der Waals surface area contributed by atoms with Gasteiger partial charge in [-0.1, -0.05) is 71.7 Å². The summed E-state index contributed by atoms with van der Waals surface area (Å²) in [6, 6.07) is 20.4. The molecule has 48 heavy (non-hydrogen) atoms. The molecule has 0 fully saturated rings. The Morgan fingerprint density at radius 2 is 1.02 bits per heavy atom. The quantitative estimate of drug-likeness (QED) is 0.124. The Morgan fingerprint density at radius 1 is 0.521 bits per heavy atom. The maximum atomic E-state index is 6.07. The lowest BCUT2D eigenvalue weighted by Gasteiger charge is -2.06. The molecule has 0 N–H and O–H groups in total. The third-order valence-electron chi connectivity index (χ3n) is 7.31. The average molecular weight is 718 g/mol. The van der Waals surface area contributed by atoms with Gasteiger partial charge in [-0.05, 0) is 57.6 Å². The Bertz CT molecular complexity index is 2270. The molecule has 240 valence electrons. The first-order valence-corrected chi connectivity index (χ1v) is 16.1. The Kier molecular flexibility index (Phi) is 9.30. The van der Waals surface area contributed by atoms with Crippen LogP contribution >= 0.6 is 46.4 Å². The van der Waals surface area contributed by atoms with E-state index in [0.29, 0.717) is 45.5 Å². The maximum Gasteiger partial charge on any atom is 0.225 e. The first-order chi connectivity index (χ1) is 23.4. The molecule has 0 unspecified atom stereocenters. The minimum atomic E-state index is 0.0979. The first-order valence-electron chi connectivity index (χ1n) is 14.6. The monoisotopic (exact) mass is 716 g/mol. The largest absolute Gasteiger partial charge is 0.268 e. The molecule has 8 rings (SSSR count). The van der Waals surface area contributed by atoms with E-state index in [1.807, 2.05) is 40.1 Å². The topological polar surface area (TPSA) is 123 Å². The lowest BCUT2D eigenvalue weighted by atomic mass is 10.1. The van der Waals surface area contributed by atoms with Crippen molar-refractivity contribution in [2.45, 2.75) is 26.2 Å². The van der Waals surface area contributed by atoms with E-state index in [1.54, 1.807) is 28.0 Å². The molecule has 0 radical (unpaired) electrons. The molecule has 0 saturated carbocycles. The predicted molar refractivity (Wildman–Crippen MR) is 184 cm³/mol. The summed E-state index contributed by atoms with van der Waals surface area (Å²) in [6.07, 6.45) is 10.9. The lowest BCUT2D eigenvalue weighted by molar-refractivity contribution is 0.681. The second kappa shape index (κ2) is 14.1. The third kappa shape index (κ3) is 7.47. The van der Waals surface area contributed by atoms with Crippen molar-refractivity contribution in [3.05, 3.63) is 141 Å². The molecular weight excluding hydrogens is 694 g/mol. The van der Waals surface area contributed by atoms with Gasteiger partial charge in [0.1, 0.15) is 10.3 Å². The van der Waals surface area contributed by atoms with Crippen LogP contribution in [0.15, 0.2) is 97.8 Å². The van der Waals surface area contributed by atoms with Crippen molar-refractivity contribution in [3.8, 4) is 0 Å². The zero-order chi connectivity index (χ0) is 33.0. The van der Waals surface area contributed by atoms with E-state index in [2.05, 4.69) is 88.9 Å². The standard InChI is InChI=1S/2C16H12Cl2N6/c17-14-13-8-20-24(15(13)22-16(18)21-14)10-12-4-2-11(3-5-12)9-23-7-1-6-19-23;17-14-13-10-24(22-15(13)21-16(18)20-14)9-12-4-2-11(3-5-12)8-23-7-1-6-19-23/h1-8H,9-10H2;1-7,10H,8-9H2. The highest BCUT2D eigenvalue weighted by Crippen LogP contribution is 2.23. The zero-order valence-corrected chi connectivity index (χ0v) is 28.0. The summed E-state index contributed by atoms with van der Waals surface area (Å²) in [7, 11) is 0. The summed E-state index contributed by atoms with van der Waals surface area (Å²) < 4.78 is 7.32. The van der Waals surface area contributed by atoms with Crippen LogP contribution in [-0.2, 0) is 26.2 Å². The minimum Gasteiger partial charge on any atom is -0.268 e. The fourth-order valence-electron chi connectivity index (χ4n) is 5.01. The van der Waals surface area contributed by atoms with Gasteiger partial charge in [-0.2, -0.15) is 30.4 Å². The Morgan fingerprint density at radius 3 is 1.56 bits per heavy atom. The number of aromatic nitrogens is 12. The van der Waals surface area contributed by atoms with Crippen LogP contribution in [0.3, 0.4) is 0 Å². The van der Waals surface area contributed by atoms with Crippen molar-refractivity contribution >= 4 is 68.5 Å². The van der Waals surface area contributed by atoms with Gasteiger partial charge in [-0.25, -0.2) is 14.6 Å². The van der Waals surface area contributed by atoms with Gasteiger partial charge < -0.3 is 0 Å². The summed E-state index contributed by atoms with van der Waals surface area (Å²) in [6.45, 7) is 2.70. The fourth-order valence-corrected chi connectivity index (χ4v) is 5.85. The van der Waals surface area contributed by atoms with Crippen LogP contribution in [0.5, 0.6) is 0 Å². The number of hydrogen-bond donors (Lipinski definition) is 0. The zero-order valence-electron chi connectivity index (χ0n) is 24.9. The molecule has 0 aliphatic heterocycles. The minimum absolute atomic E-state index is 0.0979. The van der Waals surface area contributed by atoms with E-state index >= 15 is 0 Å². The number of benzene rings is 2. The van der Waals surface area contributed by atoms with E-state index in [1.165, 1.54) is 11.1 Å². The predicted octanol–water partition coefficient (Wildman–Crippen LogP) is 6.85. The SMILES string of the molecule is Clc1nc(Cl)c2cn(Cc3ccc(Cn4cccn4)cc3)nc2n1.Clc1nc(Cl)c2cnn(Cc3ccc(Cn4cccn4)cc3)c2n1. The van der Waals surface area contributed by atoms with Crippen molar-refractivity contribution in [1.82, 2.24) is 59.1 Å². The van der Waals surface area contributed by atoms with Crippen LogP contribution in [0.25, 0.3) is 22.1 Å². The highest BCUT2D eigenvalue weighted by atomic mass is 35.5. The van der Waals surface area contributed by atoms with Gasteiger partial charge in [0.05, 0.1) is 43.1 Å². The summed E-state index contributed by atoms with van der Waals surface area (Å²) in [5, 5.41) is 19.4. The summed E-state index contributed by atoms with van der Waals surface area (Å²) in [4.78, 5) is 16.2. The van der Waals surface area contributed by atoms with Crippen molar-refractivity contribution in [2.75, 3.05) is 0 Å². The molecule has 0 aliphatic carbocycles. The lowest BCUT2D eigenvalue weighted by Crippen LogP contribution is -2.04. The number of halogens is 4.